The number of hydrogen-bond acceptors (Lipinski definition) is 4. The smallest absolute Gasteiger partial charge is 0.0991 e. The maximum Gasteiger partial charge on any atom is 0.0991 e. The van der Waals surface area contributed by atoms with Crippen molar-refractivity contribution in [2.45, 2.75) is 6.92 Å². The van der Waals surface area contributed by atoms with Crippen molar-refractivity contribution in [2.24, 2.45) is 4.99 Å². The molecular formula is C16H15N3O. The summed E-state index contributed by atoms with van der Waals surface area (Å²) in [5, 5.41) is 19.7. The van der Waals surface area contributed by atoms with Gasteiger partial charge in [-0.3, -0.25) is 10.2 Å². The van der Waals surface area contributed by atoms with Crippen LogP contribution in [0, 0.1) is 11.3 Å². The van der Waals surface area contributed by atoms with E-state index in [1.54, 1.807) is 30.5 Å². The average Bonchev–Trinajstić information content (AvgIpc) is 2.49. The zero-order chi connectivity index (χ0) is 14.4. The zero-order valence-electron chi connectivity index (χ0n) is 11.2. The molecule has 100 valence electrons. The lowest BCUT2D eigenvalue weighted by atomic mass is 10.1. The van der Waals surface area contributed by atoms with Crippen molar-refractivity contribution in [1.82, 2.24) is 0 Å². The molecule has 0 aromatic heterocycles. The van der Waals surface area contributed by atoms with Gasteiger partial charge in [-0.1, -0.05) is 12.2 Å². The molecule has 0 fully saturated rings. The summed E-state index contributed by atoms with van der Waals surface area (Å²) >= 11 is 0. The van der Waals surface area contributed by atoms with E-state index < -0.39 is 0 Å². The maximum absolute atomic E-state index is 9.98. The number of nitriles is 1. The van der Waals surface area contributed by atoms with E-state index in [1.165, 1.54) is 0 Å². The number of benzene rings is 1. The van der Waals surface area contributed by atoms with Crippen LogP contribution in [0.1, 0.15) is 12.5 Å². The van der Waals surface area contributed by atoms with Gasteiger partial charge < -0.3 is 0 Å². The molecule has 1 aromatic carbocycles. The topological polar surface area (TPSA) is 59.6 Å². The van der Waals surface area contributed by atoms with Crippen LogP contribution in [0.2, 0.25) is 0 Å². The molecule has 0 atom stereocenters. The lowest BCUT2D eigenvalue weighted by molar-refractivity contribution is 0.295. The number of allylic oxidation sites excluding steroid dienone is 5. The van der Waals surface area contributed by atoms with E-state index in [9.17, 15) is 5.21 Å². The van der Waals surface area contributed by atoms with Gasteiger partial charge in [0.1, 0.15) is 0 Å². The Bertz CT molecular complexity index is 613. The Morgan fingerprint density at radius 3 is 2.40 bits per heavy atom. The average molecular weight is 265 g/mol. The van der Waals surface area contributed by atoms with Gasteiger partial charge in [0.2, 0.25) is 0 Å². The number of hydrogen-bond donors (Lipinski definition) is 1. The molecule has 1 aliphatic carbocycles. The largest absolute Gasteiger partial charge is 0.286 e. The van der Waals surface area contributed by atoms with Gasteiger partial charge in [0.05, 0.1) is 23.0 Å². The first-order chi connectivity index (χ1) is 9.72. The summed E-state index contributed by atoms with van der Waals surface area (Å²) in [6.45, 7) is 2.74. The van der Waals surface area contributed by atoms with Gasteiger partial charge in [-0.05, 0) is 48.9 Å². The minimum Gasteiger partial charge on any atom is -0.286 e. The van der Waals surface area contributed by atoms with E-state index >= 15 is 0 Å². The van der Waals surface area contributed by atoms with Crippen LogP contribution in [0.5, 0.6) is 0 Å². The third-order valence-electron chi connectivity index (χ3n) is 2.77. The van der Waals surface area contributed by atoms with Crippen molar-refractivity contribution in [1.29, 1.82) is 5.26 Å². The summed E-state index contributed by atoms with van der Waals surface area (Å²) in [6.07, 6.45) is 9.20. The first kappa shape index (κ1) is 13.8. The molecule has 0 amide bonds. The predicted octanol–water partition coefficient (Wildman–Crippen LogP) is 3.22. The number of aliphatic imine (C=N–C) groups is 1. The Kier molecular flexibility index (Phi) is 4.48. The van der Waals surface area contributed by atoms with Gasteiger partial charge in [-0.15, -0.1) is 0 Å². The molecule has 0 radical (unpaired) electrons. The lowest BCUT2D eigenvalue weighted by Crippen LogP contribution is -2.10. The van der Waals surface area contributed by atoms with Gasteiger partial charge in [-0.25, -0.2) is 5.06 Å². The molecular weight excluding hydrogens is 250 g/mol. The standard InChI is InChI=1S/C16H15N3O/c1-2-18-15-7-3-14(4-8-15)12-19(20)16-9-5-13(11-17)6-10-16/h3-10,12,20H,2H2,1H3. The van der Waals surface area contributed by atoms with Crippen LogP contribution in [-0.2, 0) is 0 Å². The monoisotopic (exact) mass is 265 g/mol. The van der Waals surface area contributed by atoms with Crippen LogP contribution in [-0.4, -0.2) is 17.5 Å². The fourth-order valence-electron chi connectivity index (χ4n) is 1.75. The first-order valence-corrected chi connectivity index (χ1v) is 6.33. The molecule has 0 unspecified atom stereocenters. The van der Waals surface area contributed by atoms with Gasteiger partial charge >= 0.3 is 0 Å². The van der Waals surface area contributed by atoms with Crippen molar-refractivity contribution in [3.05, 3.63) is 65.9 Å². The number of anilines is 1. The Labute approximate surface area is 118 Å². The van der Waals surface area contributed by atoms with E-state index in [2.05, 4.69) is 4.99 Å². The SMILES string of the molecule is CCN=C1C=CC(=CN(O)c2ccc(C#N)cc2)C=C1. The molecule has 0 bridgehead atoms. The van der Waals surface area contributed by atoms with Crippen molar-refractivity contribution >= 4 is 11.4 Å². The highest BCUT2D eigenvalue weighted by atomic mass is 16.5. The van der Waals surface area contributed by atoms with E-state index in [-0.39, 0.29) is 0 Å². The summed E-state index contributed by atoms with van der Waals surface area (Å²) in [7, 11) is 0. The number of rotatable bonds is 3. The van der Waals surface area contributed by atoms with Crippen molar-refractivity contribution in [2.75, 3.05) is 11.6 Å². The highest BCUT2D eigenvalue weighted by Gasteiger charge is 2.03. The van der Waals surface area contributed by atoms with Crippen molar-refractivity contribution in [3.8, 4) is 6.07 Å². The number of nitrogens with zero attached hydrogens (tertiary/aromatic N) is 3. The Balaban J connectivity index is 2.11. The van der Waals surface area contributed by atoms with Crippen molar-refractivity contribution < 1.29 is 5.21 Å². The fraction of sp³-hybridized carbons (Fsp3) is 0.125. The van der Waals surface area contributed by atoms with E-state index in [0.717, 1.165) is 22.9 Å². The summed E-state index contributed by atoms with van der Waals surface area (Å²) in [5.74, 6) is 0. The molecule has 0 spiro atoms. The second kappa shape index (κ2) is 6.50. The second-order valence-electron chi connectivity index (χ2n) is 4.20. The van der Waals surface area contributed by atoms with Gasteiger partial charge in [0, 0.05) is 12.7 Å². The third-order valence-corrected chi connectivity index (χ3v) is 2.77. The Hall–Kier alpha value is -2.64. The molecule has 1 aliphatic rings. The van der Waals surface area contributed by atoms with Crippen LogP contribution in [0.25, 0.3) is 0 Å². The van der Waals surface area contributed by atoms with E-state index in [0.29, 0.717) is 11.3 Å². The molecule has 2 rings (SSSR count). The highest BCUT2D eigenvalue weighted by Crippen LogP contribution is 2.16. The third kappa shape index (κ3) is 3.44. The van der Waals surface area contributed by atoms with Gasteiger partial charge in [0.25, 0.3) is 0 Å². The molecule has 0 saturated heterocycles. The maximum atomic E-state index is 9.98. The van der Waals surface area contributed by atoms with Crippen LogP contribution < -0.4 is 5.06 Å². The van der Waals surface area contributed by atoms with Crippen LogP contribution in [0.4, 0.5) is 5.69 Å². The predicted molar refractivity (Wildman–Crippen MR) is 79.8 cm³/mol. The van der Waals surface area contributed by atoms with E-state index in [1.807, 2.05) is 37.3 Å². The number of hydroxylamine groups is 1. The summed E-state index contributed by atoms with van der Waals surface area (Å²) in [5.41, 5.74) is 2.96. The van der Waals surface area contributed by atoms with Crippen LogP contribution in [0.3, 0.4) is 0 Å². The highest BCUT2D eigenvalue weighted by molar-refractivity contribution is 6.05. The summed E-state index contributed by atoms with van der Waals surface area (Å²) < 4.78 is 0. The fourth-order valence-corrected chi connectivity index (χ4v) is 1.75. The molecule has 0 aliphatic heterocycles. The quantitative estimate of drug-likeness (QED) is 0.853. The minimum absolute atomic E-state index is 0.563. The molecule has 0 heterocycles. The zero-order valence-corrected chi connectivity index (χ0v) is 11.2. The summed E-state index contributed by atoms with van der Waals surface area (Å²) in [4.78, 5) is 4.28. The summed E-state index contributed by atoms with van der Waals surface area (Å²) in [6, 6.07) is 8.75. The molecule has 1 aromatic rings. The van der Waals surface area contributed by atoms with Crippen LogP contribution >= 0.6 is 0 Å². The minimum atomic E-state index is 0.563. The molecule has 20 heavy (non-hydrogen) atoms. The van der Waals surface area contributed by atoms with Crippen molar-refractivity contribution in [3.63, 3.8) is 0 Å². The van der Waals surface area contributed by atoms with E-state index in [4.69, 9.17) is 5.26 Å². The molecule has 4 heteroatoms. The molecule has 4 nitrogen and oxygen atoms in total. The normalized spacial score (nSPS) is 13.1. The second-order valence-corrected chi connectivity index (χ2v) is 4.20. The van der Waals surface area contributed by atoms with Crippen LogP contribution in [0.15, 0.2) is 65.3 Å². The van der Waals surface area contributed by atoms with Gasteiger partial charge in [0.15, 0.2) is 0 Å². The Morgan fingerprint density at radius 2 is 1.85 bits per heavy atom. The molecule has 0 saturated carbocycles. The first-order valence-electron chi connectivity index (χ1n) is 6.33. The van der Waals surface area contributed by atoms with Gasteiger partial charge in [-0.2, -0.15) is 5.26 Å². The molecule has 1 N–H and O–H groups in total. The Morgan fingerprint density at radius 1 is 1.20 bits per heavy atom. The lowest BCUT2D eigenvalue weighted by Gasteiger charge is -2.13.